The topological polar surface area (TPSA) is 36.9 Å². The first-order valence-electron chi connectivity index (χ1n) is 8.49. The largest absolute Gasteiger partial charge is 0.493 e. The summed E-state index contributed by atoms with van der Waals surface area (Å²) in [4.78, 5) is 0. The molecular formula is C21H24O4. The van der Waals surface area contributed by atoms with Crippen LogP contribution in [0.1, 0.15) is 11.1 Å². The molecule has 0 unspecified atom stereocenters. The van der Waals surface area contributed by atoms with Gasteiger partial charge in [-0.05, 0) is 17.2 Å². The van der Waals surface area contributed by atoms with E-state index in [4.69, 9.17) is 18.9 Å². The first kappa shape index (κ1) is 17.7. The van der Waals surface area contributed by atoms with Gasteiger partial charge in [0.15, 0.2) is 0 Å². The normalized spacial score (nSPS) is 22.5. The van der Waals surface area contributed by atoms with Gasteiger partial charge in [0.05, 0.1) is 26.1 Å². The van der Waals surface area contributed by atoms with Gasteiger partial charge < -0.3 is 18.9 Å². The lowest BCUT2D eigenvalue weighted by atomic mass is 10.1. The molecule has 0 spiro atoms. The van der Waals surface area contributed by atoms with Gasteiger partial charge in [0.25, 0.3) is 0 Å². The molecule has 0 aliphatic carbocycles. The molecule has 1 aliphatic rings. The number of hydrogen-bond donors (Lipinski definition) is 0. The van der Waals surface area contributed by atoms with Gasteiger partial charge in [0.1, 0.15) is 18.3 Å². The Labute approximate surface area is 149 Å². The van der Waals surface area contributed by atoms with Crippen molar-refractivity contribution in [3.8, 4) is 0 Å². The fourth-order valence-electron chi connectivity index (χ4n) is 2.83. The van der Waals surface area contributed by atoms with Gasteiger partial charge >= 0.3 is 0 Å². The molecule has 2 aromatic rings. The zero-order valence-corrected chi connectivity index (χ0v) is 14.4. The van der Waals surface area contributed by atoms with E-state index in [1.165, 1.54) is 0 Å². The molecule has 3 rings (SSSR count). The van der Waals surface area contributed by atoms with Gasteiger partial charge in [-0.1, -0.05) is 60.7 Å². The van der Waals surface area contributed by atoms with Crippen molar-refractivity contribution < 1.29 is 18.9 Å². The van der Waals surface area contributed by atoms with Crippen molar-refractivity contribution in [2.45, 2.75) is 31.5 Å². The minimum Gasteiger partial charge on any atom is -0.493 e. The molecule has 0 fully saturated rings. The second kappa shape index (κ2) is 9.37. The molecule has 0 N–H and O–H groups in total. The highest BCUT2D eigenvalue weighted by Gasteiger charge is 2.33. The van der Waals surface area contributed by atoms with E-state index in [9.17, 15) is 0 Å². The average Bonchev–Trinajstić information content (AvgIpc) is 2.68. The summed E-state index contributed by atoms with van der Waals surface area (Å²) in [7, 11) is 1.68. The standard InChI is InChI=1S/C21H24O4/c1-22-21-19(25-15-18-10-6-3-7-11-18)12-13-24-20(21)16-23-14-17-8-4-2-5-9-17/h2-13,19-21H,14-16H2,1H3/t19-,20-,21+/m1/s1. The van der Waals surface area contributed by atoms with Crippen LogP contribution in [0.3, 0.4) is 0 Å². The van der Waals surface area contributed by atoms with E-state index in [1.807, 2.05) is 66.7 Å². The van der Waals surface area contributed by atoms with Crippen LogP contribution in [0.15, 0.2) is 73.0 Å². The van der Waals surface area contributed by atoms with Crippen molar-refractivity contribution in [1.29, 1.82) is 0 Å². The van der Waals surface area contributed by atoms with Gasteiger partial charge in [0.2, 0.25) is 0 Å². The Bertz CT molecular complexity index is 641. The molecule has 132 valence electrons. The highest BCUT2D eigenvalue weighted by Crippen LogP contribution is 2.20. The smallest absolute Gasteiger partial charge is 0.150 e. The molecule has 3 atom stereocenters. The Morgan fingerprint density at radius 2 is 1.52 bits per heavy atom. The molecule has 1 heterocycles. The van der Waals surface area contributed by atoms with Crippen molar-refractivity contribution >= 4 is 0 Å². The maximum absolute atomic E-state index is 6.02. The van der Waals surface area contributed by atoms with Crippen LogP contribution in [-0.2, 0) is 32.2 Å². The van der Waals surface area contributed by atoms with Gasteiger partial charge in [-0.25, -0.2) is 0 Å². The Balaban J connectivity index is 1.51. The van der Waals surface area contributed by atoms with E-state index in [0.29, 0.717) is 19.8 Å². The van der Waals surface area contributed by atoms with Gasteiger partial charge in [-0.3, -0.25) is 0 Å². The number of benzene rings is 2. The molecule has 0 aromatic heterocycles. The molecule has 0 saturated heterocycles. The van der Waals surface area contributed by atoms with Gasteiger partial charge in [-0.2, -0.15) is 0 Å². The van der Waals surface area contributed by atoms with Crippen molar-refractivity contribution in [1.82, 2.24) is 0 Å². The first-order valence-corrected chi connectivity index (χ1v) is 8.49. The third kappa shape index (κ3) is 5.16. The van der Waals surface area contributed by atoms with E-state index in [2.05, 4.69) is 0 Å². The van der Waals surface area contributed by atoms with Crippen LogP contribution >= 0.6 is 0 Å². The molecule has 25 heavy (non-hydrogen) atoms. The molecule has 0 bridgehead atoms. The predicted molar refractivity (Wildman–Crippen MR) is 95.9 cm³/mol. The monoisotopic (exact) mass is 340 g/mol. The number of hydrogen-bond acceptors (Lipinski definition) is 4. The Morgan fingerprint density at radius 3 is 2.16 bits per heavy atom. The summed E-state index contributed by atoms with van der Waals surface area (Å²) < 4.78 is 23.1. The number of methoxy groups -OCH3 is 1. The molecule has 0 radical (unpaired) electrons. The van der Waals surface area contributed by atoms with E-state index in [-0.39, 0.29) is 18.3 Å². The third-order valence-corrected chi connectivity index (χ3v) is 4.16. The average molecular weight is 340 g/mol. The summed E-state index contributed by atoms with van der Waals surface area (Å²) in [5, 5.41) is 0. The van der Waals surface area contributed by atoms with Crippen LogP contribution in [0.2, 0.25) is 0 Å². The highest BCUT2D eigenvalue weighted by atomic mass is 16.6. The fraction of sp³-hybridized carbons (Fsp3) is 0.333. The fourth-order valence-corrected chi connectivity index (χ4v) is 2.83. The van der Waals surface area contributed by atoms with Crippen molar-refractivity contribution in [3.63, 3.8) is 0 Å². The predicted octanol–water partition coefficient (Wildman–Crippen LogP) is 3.72. The van der Waals surface area contributed by atoms with E-state index in [0.717, 1.165) is 11.1 Å². The first-order chi connectivity index (χ1) is 12.4. The minimum absolute atomic E-state index is 0.163. The molecule has 0 amide bonds. The van der Waals surface area contributed by atoms with Gasteiger partial charge in [-0.15, -0.1) is 0 Å². The van der Waals surface area contributed by atoms with Crippen LogP contribution < -0.4 is 0 Å². The van der Waals surface area contributed by atoms with Crippen molar-refractivity contribution in [3.05, 3.63) is 84.1 Å². The van der Waals surface area contributed by atoms with Crippen LogP contribution in [-0.4, -0.2) is 32.0 Å². The zero-order valence-electron chi connectivity index (χ0n) is 14.4. The summed E-state index contributed by atoms with van der Waals surface area (Å²) in [6.07, 6.45) is 3.01. The lowest BCUT2D eigenvalue weighted by Gasteiger charge is -2.33. The van der Waals surface area contributed by atoms with E-state index >= 15 is 0 Å². The molecule has 4 nitrogen and oxygen atoms in total. The van der Waals surface area contributed by atoms with Crippen molar-refractivity contribution in [2.24, 2.45) is 0 Å². The van der Waals surface area contributed by atoms with Crippen LogP contribution in [0.4, 0.5) is 0 Å². The highest BCUT2D eigenvalue weighted by molar-refractivity contribution is 5.14. The summed E-state index contributed by atoms with van der Waals surface area (Å²) >= 11 is 0. The molecule has 2 aromatic carbocycles. The lowest BCUT2D eigenvalue weighted by molar-refractivity contribution is -0.130. The quantitative estimate of drug-likeness (QED) is 0.734. The van der Waals surface area contributed by atoms with Gasteiger partial charge in [0, 0.05) is 7.11 Å². The summed E-state index contributed by atoms with van der Waals surface area (Å²) in [5.74, 6) is 0. The summed E-state index contributed by atoms with van der Waals surface area (Å²) in [5.41, 5.74) is 2.27. The van der Waals surface area contributed by atoms with Crippen LogP contribution in [0.25, 0.3) is 0 Å². The Hall–Kier alpha value is -2.14. The maximum Gasteiger partial charge on any atom is 0.150 e. The lowest BCUT2D eigenvalue weighted by Crippen LogP contribution is -2.45. The summed E-state index contributed by atoms with van der Waals surface area (Å²) in [6, 6.07) is 20.2. The SMILES string of the molecule is CO[C@H]1[C@H](OCc2ccccc2)C=CO[C@@H]1COCc1ccccc1. The second-order valence-corrected chi connectivity index (χ2v) is 5.97. The van der Waals surface area contributed by atoms with Crippen LogP contribution in [0.5, 0.6) is 0 Å². The Kier molecular flexibility index (Phi) is 6.63. The Morgan fingerprint density at radius 1 is 0.880 bits per heavy atom. The molecule has 4 heteroatoms. The van der Waals surface area contributed by atoms with E-state index in [1.54, 1.807) is 13.4 Å². The number of rotatable bonds is 8. The summed E-state index contributed by atoms with van der Waals surface area (Å²) in [6.45, 7) is 1.53. The maximum atomic E-state index is 6.02. The minimum atomic E-state index is -0.204. The zero-order chi connectivity index (χ0) is 17.3. The molecule has 1 aliphatic heterocycles. The number of ether oxygens (including phenoxy) is 4. The van der Waals surface area contributed by atoms with Crippen LogP contribution in [0, 0.1) is 0 Å². The third-order valence-electron chi connectivity index (χ3n) is 4.16. The van der Waals surface area contributed by atoms with Crippen molar-refractivity contribution in [2.75, 3.05) is 13.7 Å². The molecule has 0 saturated carbocycles. The molecular weight excluding hydrogens is 316 g/mol. The second-order valence-electron chi connectivity index (χ2n) is 5.97. The van der Waals surface area contributed by atoms with E-state index < -0.39 is 0 Å².